The van der Waals surface area contributed by atoms with Crippen molar-refractivity contribution in [3.05, 3.63) is 31.6 Å². The first-order valence-corrected chi connectivity index (χ1v) is 10.5. The van der Waals surface area contributed by atoms with Crippen LogP contribution < -0.4 is 5.56 Å². The maximum absolute atomic E-state index is 12.7. The average Bonchev–Trinajstić information content (AvgIpc) is 3.09. The first-order valence-electron chi connectivity index (χ1n) is 8.02. The van der Waals surface area contributed by atoms with E-state index in [1.54, 1.807) is 34.4 Å². The summed E-state index contributed by atoms with van der Waals surface area (Å²) in [5, 5.41) is 9.98. The molecule has 24 heavy (non-hydrogen) atoms. The molecule has 1 aliphatic carbocycles. The minimum absolute atomic E-state index is 0.00273. The molecule has 0 unspecified atom stereocenters. The summed E-state index contributed by atoms with van der Waals surface area (Å²) in [7, 11) is 0. The van der Waals surface area contributed by atoms with Gasteiger partial charge >= 0.3 is 0 Å². The zero-order valence-corrected chi connectivity index (χ0v) is 16.2. The molecule has 1 N–H and O–H groups in total. The topological polar surface area (TPSA) is 71.5 Å². The number of rotatable bonds is 3. The Morgan fingerprint density at radius 3 is 2.92 bits per heavy atom. The van der Waals surface area contributed by atoms with Crippen molar-refractivity contribution in [2.45, 2.75) is 49.6 Å². The zero-order chi connectivity index (χ0) is 16.8. The highest BCUT2D eigenvalue weighted by Crippen LogP contribution is 2.38. The SMILES string of the molecule is Cc1nnc(S[C@H](C)c2nc3sc4c(c3c(=O)[nH]2)CC[C@@H](C)C4)s1. The van der Waals surface area contributed by atoms with Gasteiger partial charge in [-0.15, -0.1) is 21.5 Å². The molecule has 1 aliphatic rings. The standard InChI is InChI=1S/C16H18N4OS3/c1-7-4-5-10-11(6-7)24-15-12(10)14(21)17-13(18-15)8(2)22-16-20-19-9(3)23-16/h7-8H,4-6H2,1-3H3,(H,17,18,21)/t7-,8-/m1/s1. The number of aromatic nitrogens is 4. The molecule has 0 amide bonds. The fraction of sp³-hybridized carbons (Fsp3) is 0.500. The fourth-order valence-electron chi connectivity index (χ4n) is 3.09. The van der Waals surface area contributed by atoms with E-state index in [-0.39, 0.29) is 10.8 Å². The van der Waals surface area contributed by atoms with Crippen LogP contribution in [0.25, 0.3) is 10.2 Å². The number of nitrogens with zero attached hydrogens (tertiary/aromatic N) is 3. The summed E-state index contributed by atoms with van der Waals surface area (Å²) in [6.45, 7) is 6.26. The Hall–Kier alpha value is -1.25. The molecule has 5 nitrogen and oxygen atoms in total. The van der Waals surface area contributed by atoms with E-state index in [1.165, 1.54) is 10.4 Å². The number of hydrogen-bond donors (Lipinski definition) is 1. The number of aryl methyl sites for hydroxylation is 2. The molecule has 8 heteroatoms. The normalized spacial score (nSPS) is 18.7. The molecule has 0 radical (unpaired) electrons. The Morgan fingerprint density at radius 1 is 1.33 bits per heavy atom. The van der Waals surface area contributed by atoms with Gasteiger partial charge in [-0.05, 0) is 44.6 Å². The van der Waals surface area contributed by atoms with Crippen LogP contribution in [0.3, 0.4) is 0 Å². The van der Waals surface area contributed by atoms with Crippen LogP contribution in [0, 0.1) is 12.8 Å². The lowest BCUT2D eigenvalue weighted by Gasteiger charge is -2.17. The van der Waals surface area contributed by atoms with E-state index in [0.29, 0.717) is 5.92 Å². The van der Waals surface area contributed by atoms with Crippen LogP contribution in [0.15, 0.2) is 9.13 Å². The van der Waals surface area contributed by atoms with Crippen LogP contribution >= 0.6 is 34.4 Å². The molecule has 0 aromatic carbocycles. The van der Waals surface area contributed by atoms with Crippen LogP contribution in [0.5, 0.6) is 0 Å². The highest BCUT2D eigenvalue weighted by Gasteiger charge is 2.24. The molecule has 0 spiro atoms. The van der Waals surface area contributed by atoms with Gasteiger partial charge < -0.3 is 4.98 Å². The first-order chi connectivity index (χ1) is 11.5. The molecule has 3 aromatic heterocycles. The second-order valence-electron chi connectivity index (χ2n) is 6.33. The molecule has 0 saturated carbocycles. The monoisotopic (exact) mass is 378 g/mol. The maximum atomic E-state index is 12.7. The number of thiophene rings is 1. The Morgan fingerprint density at radius 2 is 2.17 bits per heavy atom. The largest absolute Gasteiger partial charge is 0.309 e. The van der Waals surface area contributed by atoms with Gasteiger partial charge in [0.25, 0.3) is 5.56 Å². The van der Waals surface area contributed by atoms with Gasteiger partial charge in [0.2, 0.25) is 0 Å². The van der Waals surface area contributed by atoms with Crippen molar-refractivity contribution in [1.29, 1.82) is 0 Å². The van der Waals surface area contributed by atoms with Crippen molar-refractivity contribution in [2.75, 3.05) is 0 Å². The summed E-state index contributed by atoms with van der Waals surface area (Å²) < 4.78 is 0.905. The highest BCUT2D eigenvalue weighted by atomic mass is 32.2. The third-order valence-corrected chi connectivity index (χ3v) is 7.53. The van der Waals surface area contributed by atoms with E-state index >= 15 is 0 Å². The molecule has 0 aliphatic heterocycles. The molecule has 3 aromatic rings. The second kappa shape index (κ2) is 6.24. The van der Waals surface area contributed by atoms with Gasteiger partial charge in [0.15, 0.2) is 4.34 Å². The number of thioether (sulfide) groups is 1. The van der Waals surface area contributed by atoms with E-state index in [9.17, 15) is 4.79 Å². The highest BCUT2D eigenvalue weighted by molar-refractivity contribution is 8.01. The lowest BCUT2D eigenvalue weighted by atomic mass is 9.89. The Labute approximate surface area is 151 Å². The van der Waals surface area contributed by atoms with Gasteiger partial charge in [0, 0.05) is 4.88 Å². The quantitative estimate of drug-likeness (QED) is 0.694. The number of aromatic amines is 1. The average molecular weight is 379 g/mol. The molecule has 126 valence electrons. The third-order valence-electron chi connectivity index (χ3n) is 4.35. The summed E-state index contributed by atoms with van der Waals surface area (Å²) in [5.74, 6) is 1.41. The Bertz CT molecular complexity index is 958. The number of H-pyrrole nitrogens is 1. The van der Waals surface area contributed by atoms with Crippen molar-refractivity contribution >= 4 is 44.7 Å². The molecule has 3 heterocycles. The van der Waals surface area contributed by atoms with E-state index in [1.807, 2.05) is 13.8 Å². The molecule has 2 atom stereocenters. The van der Waals surface area contributed by atoms with E-state index in [2.05, 4.69) is 22.1 Å². The molecular formula is C16H18N4OS3. The Balaban J connectivity index is 1.71. The lowest BCUT2D eigenvalue weighted by molar-refractivity contribution is 0.509. The van der Waals surface area contributed by atoms with E-state index in [4.69, 9.17) is 4.98 Å². The van der Waals surface area contributed by atoms with Crippen molar-refractivity contribution in [2.24, 2.45) is 5.92 Å². The van der Waals surface area contributed by atoms with Gasteiger partial charge in [-0.25, -0.2) is 4.98 Å². The minimum Gasteiger partial charge on any atom is -0.309 e. The summed E-state index contributed by atoms with van der Waals surface area (Å²) in [6, 6.07) is 0. The van der Waals surface area contributed by atoms with Gasteiger partial charge in [0.1, 0.15) is 15.7 Å². The molecular weight excluding hydrogens is 360 g/mol. The van der Waals surface area contributed by atoms with E-state index < -0.39 is 0 Å². The second-order valence-corrected chi connectivity index (χ2v) is 10.2. The smallest absolute Gasteiger partial charge is 0.259 e. The summed E-state index contributed by atoms with van der Waals surface area (Å²) in [6.07, 6.45) is 3.22. The predicted octanol–water partition coefficient (Wildman–Crippen LogP) is 4.12. The molecule has 4 rings (SSSR count). The van der Waals surface area contributed by atoms with Crippen molar-refractivity contribution in [3.8, 4) is 0 Å². The van der Waals surface area contributed by atoms with E-state index in [0.717, 1.165) is 44.7 Å². The molecule has 0 bridgehead atoms. The maximum Gasteiger partial charge on any atom is 0.259 e. The van der Waals surface area contributed by atoms with Crippen LogP contribution in [-0.4, -0.2) is 20.2 Å². The number of fused-ring (bicyclic) bond motifs is 3. The fourth-order valence-corrected chi connectivity index (χ4v) is 6.50. The van der Waals surface area contributed by atoms with Crippen LogP contribution in [0.1, 0.15) is 46.8 Å². The zero-order valence-electron chi connectivity index (χ0n) is 13.8. The predicted molar refractivity (Wildman–Crippen MR) is 100 cm³/mol. The van der Waals surface area contributed by atoms with Gasteiger partial charge in [-0.1, -0.05) is 30.0 Å². The van der Waals surface area contributed by atoms with Gasteiger partial charge in [-0.3, -0.25) is 4.79 Å². The van der Waals surface area contributed by atoms with Crippen molar-refractivity contribution in [3.63, 3.8) is 0 Å². The van der Waals surface area contributed by atoms with Crippen molar-refractivity contribution in [1.82, 2.24) is 20.2 Å². The number of hydrogen-bond acceptors (Lipinski definition) is 7. The summed E-state index contributed by atoms with van der Waals surface area (Å²) >= 11 is 4.85. The number of nitrogens with one attached hydrogen (secondary N) is 1. The van der Waals surface area contributed by atoms with Crippen molar-refractivity contribution < 1.29 is 0 Å². The third kappa shape index (κ3) is 2.91. The van der Waals surface area contributed by atoms with Crippen LogP contribution in [0.4, 0.5) is 0 Å². The summed E-state index contributed by atoms with van der Waals surface area (Å²) in [4.78, 5) is 22.6. The van der Waals surface area contributed by atoms with Crippen LogP contribution in [0.2, 0.25) is 0 Å². The van der Waals surface area contributed by atoms with Gasteiger partial charge in [0.05, 0.1) is 10.6 Å². The van der Waals surface area contributed by atoms with Crippen LogP contribution in [-0.2, 0) is 12.8 Å². The summed E-state index contributed by atoms with van der Waals surface area (Å²) in [5.41, 5.74) is 1.23. The lowest BCUT2D eigenvalue weighted by Crippen LogP contribution is -2.15. The minimum atomic E-state index is 0.00273. The Kier molecular flexibility index (Phi) is 4.22. The van der Waals surface area contributed by atoms with Gasteiger partial charge in [-0.2, -0.15) is 0 Å². The first kappa shape index (κ1) is 16.2. The molecule has 0 saturated heterocycles. The molecule has 0 fully saturated rings.